The number of ether oxygens (including phenoxy) is 2. The van der Waals surface area contributed by atoms with Gasteiger partial charge in [0, 0.05) is 49.8 Å². The van der Waals surface area contributed by atoms with Crippen LogP contribution >= 0.6 is 0 Å². The second-order valence-electron chi connectivity index (χ2n) is 10.1. The van der Waals surface area contributed by atoms with Crippen molar-refractivity contribution in [2.24, 2.45) is 5.92 Å². The molecular weight excluding hydrogens is 482 g/mol. The lowest BCUT2D eigenvalue weighted by molar-refractivity contribution is -0.138. The zero-order valence-corrected chi connectivity index (χ0v) is 20.9. The predicted octanol–water partition coefficient (Wildman–Crippen LogP) is 2.96. The molecule has 4 heterocycles. The number of fused-ring (bicyclic) bond motifs is 5. The summed E-state index contributed by atoms with van der Waals surface area (Å²) < 4.78 is 12.6. The van der Waals surface area contributed by atoms with Crippen molar-refractivity contribution >= 4 is 17.9 Å². The maximum Gasteiger partial charge on any atom is 0.250 e. The molecule has 0 unspecified atom stereocenters. The van der Waals surface area contributed by atoms with Crippen molar-refractivity contribution in [1.29, 1.82) is 0 Å². The molecule has 1 N–H and O–H groups in total. The number of hydrogen-bond donors (Lipinski definition) is 1. The first-order valence-corrected chi connectivity index (χ1v) is 12.9. The number of nitrogens with one attached hydrogen (secondary N) is 1. The number of carbonyl (C=O) groups excluding carboxylic acids is 2. The quantitative estimate of drug-likeness (QED) is 0.514. The van der Waals surface area contributed by atoms with Gasteiger partial charge in [-0.15, -0.1) is 0 Å². The molecule has 8 nitrogen and oxygen atoms in total. The molecule has 6 rings (SSSR count). The Kier molecular flexibility index (Phi) is 6.45. The maximum atomic E-state index is 13.8. The number of pyridine rings is 1. The van der Waals surface area contributed by atoms with Gasteiger partial charge in [-0.05, 0) is 47.7 Å². The predicted molar refractivity (Wildman–Crippen MR) is 142 cm³/mol. The summed E-state index contributed by atoms with van der Waals surface area (Å²) in [5, 5.41) is 2.95. The first-order valence-electron chi connectivity index (χ1n) is 12.9. The van der Waals surface area contributed by atoms with Crippen LogP contribution in [-0.4, -0.2) is 47.2 Å². The van der Waals surface area contributed by atoms with Gasteiger partial charge in [-0.1, -0.05) is 42.5 Å². The highest BCUT2D eigenvalue weighted by atomic mass is 16.7. The average molecular weight is 512 g/mol. The molecule has 3 atom stereocenters. The van der Waals surface area contributed by atoms with Crippen LogP contribution in [-0.2, 0) is 22.6 Å². The highest BCUT2D eigenvalue weighted by Gasteiger charge is 2.38. The van der Waals surface area contributed by atoms with Crippen LogP contribution in [0.3, 0.4) is 0 Å². The fraction of sp³-hybridized carbons (Fsp3) is 0.300. The average Bonchev–Trinajstić information content (AvgIpc) is 3.40. The van der Waals surface area contributed by atoms with Gasteiger partial charge < -0.3 is 24.3 Å². The third kappa shape index (κ3) is 4.94. The number of amides is 2. The monoisotopic (exact) mass is 511 g/mol. The van der Waals surface area contributed by atoms with Gasteiger partial charge in [-0.25, -0.2) is 0 Å². The third-order valence-electron chi connectivity index (χ3n) is 7.51. The second-order valence-corrected chi connectivity index (χ2v) is 10.1. The summed E-state index contributed by atoms with van der Waals surface area (Å²) in [4.78, 5) is 41.1. The first-order chi connectivity index (χ1) is 18.5. The molecule has 3 aromatic rings. The van der Waals surface area contributed by atoms with E-state index >= 15 is 0 Å². The summed E-state index contributed by atoms with van der Waals surface area (Å²) in [6.45, 7) is 1.91. The Balaban J connectivity index is 1.19. The number of piperidine rings is 1. The van der Waals surface area contributed by atoms with E-state index in [0.29, 0.717) is 37.6 Å². The molecule has 3 aliphatic rings. The lowest BCUT2D eigenvalue weighted by Gasteiger charge is -2.43. The normalized spacial score (nSPS) is 20.2. The Hall–Kier alpha value is -4.33. The molecular formula is C30H29N3O5. The Morgan fingerprint density at radius 3 is 2.68 bits per heavy atom. The molecule has 8 heteroatoms. The van der Waals surface area contributed by atoms with E-state index in [-0.39, 0.29) is 36.0 Å². The van der Waals surface area contributed by atoms with E-state index in [4.69, 9.17) is 9.47 Å². The summed E-state index contributed by atoms with van der Waals surface area (Å²) in [6, 6.07) is 19.8. The number of hydrogen-bond acceptors (Lipinski definition) is 5. The van der Waals surface area contributed by atoms with Crippen LogP contribution in [0.15, 0.2) is 77.6 Å². The lowest BCUT2D eigenvalue weighted by Crippen LogP contribution is -2.55. The number of carbonyl (C=O) groups is 2. The van der Waals surface area contributed by atoms with E-state index in [9.17, 15) is 14.4 Å². The fourth-order valence-corrected chi connectivity index (χ4v) is 5.76. The SMILES string of the molecule is O=C(/C=C/c1ccc2c(c1)OCO2)N[C@@H](Cc1ccccc1)C(=O)N1C[C@@H]2C[C@H](C1)c1cccc(=O)n1C2. The second kappa shape index (κ2) is 10.2. The molecule has 0 saturated carbocycles. The Morgan fingerprint density at radius 1 is 0.974 bits per heavy atom. The van der Waals surface area contributed by atoms with Gasteiger partial charge in [0.05, 0.1) is 0 Å². The van der Waals surface area contributed by atoms with Crippen LogP contribution in [0.25, 0.3) is 6.08 Å². The number of likely N-dealkylation sites (tertiary alicyclic amines) is 1. The standard InChI is InChI=1S/C30H29N3O5/c34-28(12-10-21-9-11-26-27(15-21)38-19-37-26)31-24(14-20-5-2-1-3-6-20)30(36)32-16-22-13-23(18-32)25-7-4-8-29(35)33(25)17-22/h1-12,15,22-24H,13-14,16-19H2,(H,31,34)/b12-10+/t22-,23+,24-/m0/s1. The maximum absolute atomic E-state index is 13.8. The molecule has 0 spiro atoms. The van der Waals surface area contributed by atoms with Crippen molar-refractivity contribution in [2.75, 3.05) is 19.9 Å². The summed E-state index contributed by atoms with van der Waals surface area (Å²) >= 11 is 0. The van der Waals surface area contributed by atoms with Gasteiger partial charge in [0.25, 0.3) is 5.56 Å². The molecule has 1 fully saturated rings. The van der Waals surface area contributed by atoms with Crippen molar-refractivity contribution in [3.05, 3.63) is 100.0 Å². The molecule has 1 saturated heterocycles. The fourth-order valence-electron chi connectivity index (χ4n) is 5.76. The van der Waals surface area contributed by atoms with Crippen LogP contribution in [0.1, 0.15) is 29.2 Å². The number of benzene rings is 2. The van der Waals surface area contributed by atoms with Crippen LogP contribution in [0.2, 0.25) is 0 Å². The lowest BCUT2D eigenvalue weighted by atomic mass is 9.83. The topological polar surface area (TPSA) is 89.9 Å². The molecule has 0 aliphatic carbocycles. The van der Waals surface area contributed by atoms with E-state index < -0.39 is 6.04 Å². The summed E-state index contributed by atoms with van der Waals surface area (Å²) in [5.74, 6) is 1.21. The Morgan fingerprint density at radius 2 is 1.82 bits per heavy atom. The van der Waals surface area contributed by atoms with Crippen LogP contribution in [0.5, 0.6) is 11.5 Å². The van der Waals surface area contributed by atoms with Gasteiger partial charge in [-0.3, -0.25) is 14.4 Å². The molecule has 2 aromatic carbocycles. The van der Waals surface area contributed by atoms with E-state index in [1.165, 1.54) is 6.08 Å². The molecule has 0 radical (unpaired) electrons. The van der Waals surface area contributed by atoms with Crippen LogP contribution in [0.4, 0.5) is 0 Å². The molecule has 2 bridgehead atoms. The highest BCUT2D eigenvalue weighted by molar-refractivity contribution is 5.95. The minimum Gasteiger partial charge on any atom is -0.454 e. The molecule has 3 aliphatic heterocycles. The van der Waals surface area contributed by atoms with E-state index in [2.05, 4.69) is 5.32 Å². The zero-order chi connectivity index (χ0) is 26.1. The van der Waals surface area contributed by atoms with Crippen LogP contribution < -0.4 is 20.3 Å². The van der Waals surface area contributed by atoms with Gasteiger partial charge in [0.15, 0.2) is 11.5 Å². The summed E-state index contributed by atoms with van der Waals surface area (Å²) in [6.07, 6.45) is 4.49. The summed E-state index contributed by atoms with van der Waals surface area (Å²) in [7, 11) is 0. The first kappa shape index (κ1) is 24.0. The van der Waals surface area contributed by atoms with Crippen molar-refractivity contribution in [3.63, 3.8) is 0 Å². The Labute approximate surface area is 220 Å². The van der Waals surface area contributed by atoms with Crippen molar-refractivity contribution < 1.29 is 19.1 Å². The smallest absolute Gasteiger partial charge is 0.250 e. The highest BCUT2D eigenvalue weighted by Crippen LogP contribution is 2.35. The van der Waals surface area contributed by atoms with Gasteiger partial charge >= 0.3 is 0 Å². The molecule has 2 amide bonds. The van der Waals surface area contributed by atoms with Gasteiger partial charge in [0.2, 0.25) is 18.6 Å². The van der Waals surface area contributed by atoms with Crippen molar-refractivity contribution in [2.45, 2.75) is 31.3 Å². The minimum absolute atomic E-state index is 0.0143. The third-order valence-corrected chi connectivity index (χ3v) is 7.51. The number of aromatic nitrogens is 1. The van der Waals surface area contributed by atoms with E-state index in [0.717, 1.165) is 23.2 Å². The number of nitrogens with zero attached hydrogens (tertiary/aromatic N) is 2. The summed E-state index contributed by atoms with van der Waals surface area (Å²) in [5.41, 5.74) is 2.77. The minimum atomic E-state index is -0.705. The Bertz CT molecular complexity index is 1450. The van der Waals surface area contributed by atoms with Crippen molar-refractivity contribution in [1.82, 2.24) is 14.8 Å². The zero-order valence-electron chi connectivity index (χ0n) is 20.9. The molecule has 194 valence electrons. The largest absolute Gasteiger partial charge is 0.454 e. The van der Waals surface area contributed by atoms with E-state index in [1.54, 1.807) is 24.3 Å². The number of rotatable bonds is 6. The molecule has 1 aromatic heterocycles. The van der Waals surface area contributed by atoms with Crippen molar-refractivity contribution in [3.8, 4) is 11.5 Å². The van der Waals surface area contributed by atoms with Crippen LogP contribution in [0, 0.1) is 5.92 Å². The van der Waals surface area contributed by atoms with E-state index in [1.807, 2.05) is 58.0 Å². The van der Waals surface area contributed by atoms with Gasteiger partial charge in [0.1, 0.15) is 6.04 Å². The molecule has 38 heavy (non-hydrogen) atoms. The van der Waals surface area contributed by atoms with Gasteiger partial charge in [-0.2, -0.15) is 0 Å².